The van der Waals surface area contributed by atoms with Crippen LogP contribution in [-0.2, 0) is 23.1 Å². The third-order valence-electron chi connectivity index (χ3n) is 8.04. The molecule has 10 nitrogen and oxygen atoms in total. The van der Waals surface area contributed by atoms with Crippen LogP contribution >= 0.6 is 0 Å². The van der Waals surface area contributed by atoms with Crippen molar-refractivity contribution in [3.63, 3.8) is 0 Å². The highest BCUT2D eigenvalue weighted by Gasteiger charge is 2.49. The van der Waals surface area contributed by atoms with Crippen molar-refractivity contribution in [3.8, 4) is 0 Å². The van der Waals surface area contributed by atoms with Crippen LogP contribution in [0.5, 0.6) is 0 Å². The molecule has 0 unspecified atom stereocenters. The zero-order chi connectivity index (χ0) is 28.0. The van der Waals surface area contributed by atoms with E-state index >= 15 is 0 Å². The van der Waals surface area contributed by atoms with E-state index in [2.05, 4.69) is 82.7 Å². The topological polar surface area (TPSA) is 124 Å². The number of aromatic nitrogens is 4. The van der Waals surface area contributed by atoms with Crippen LogP contribution in [0.3, 0.4) is 0 Å². The van der Waals surface area contributed by atoms with Crippen LogP contribution in [0.2, 0.25) is 36.3 Å². The van der Waals surface area contributed by atoms with Gasteiger partial charge in [-0.1, -0.05) is 41.5 Å². The lowest BCUT2D eigenvalue weighted by Crippen LogP contribution is -2.46. The van der Waals surface area contributed by atoms with Crippen molar-refractivity contribution in [1.29, 1.82) is 0 Å². The lowest BCUT2D eigenvalue weighted by molar-refractivity contribution is -0.135. The van der Waals surface area contributed by atoms with Gasteiger partial charge in [-0.2, -0.15) is 0 Å². The summed E-state index contributed by atoms with van der Waals surface area (Å²) in [6, 6.07) is 0. The van der Waals surface area contributed by atoms with E-state index in [1.165, 1.54) is 19.5 Å². The molecular weight excluding hydrogens is 506 g/mol. The van der Waals surface area contributed by atoms with E-state index in [4.69, 9.17) is 24.1 Å². The zero-order valence-corrected chi connectivity index (χ0v) is 26.1. The molecule has 2 N–H and O–H groups in total. The third kappa shape index (κ3) is 5.98. The summed E-state index contributed by atoms with van der Waals surface area (Å²) >= 11 is 0. The molecule has 3 heterocycles. The molecule has 0 amide bonds. The molecule has 12 heteroatoms. The summed E-state index contributed by atoms with van der Waals surface area (Å²) in [6.07, 6.45) is 2.77. The summed E-state index contributed by atoms with van der Waals surface area (Å²) in [5, 5.41) is -0.0590. The highest BCUT2D eigenvalue weighted by molar-refractivity contribution is 6.74. The average molecular weight is 550 g/mol. The molecule has 1 fully saturated rings. The molecule has 3 rings (SSSR count). The van der Waals surface area contributed by atoms with Gasteiger partial charge in [0.1, 0.15) is 24.1 Å². The van der Waals surface area contributed by atoms with E-state index in [-0.39, 0.29) is 22.5 Å². The van der Waals surface area contributed by atoms with Gasteiger partial charge in [-0.25, -0.2) is 19.7 Å². The van der Waals surface area contributed by atoms with Crippen LogP contribution in [0.15, 0.2) is 24.3 Å². The van der Waals surface area contributed by atoms with Gasteiger partial charge in [0, 0.05) is 6.08 Å². The number of carbonyl (C=O) groups excluding carboxylic acids is 1. The first kappa shape index (κ1) is 29.4. The first-order valence-electron chi connectivity index (χ1n) is 12.6. The van der Waals surface area contributed by atoms with Crippen molar-refractivity contribution in [2.75, 3.05) is 19.5 Å². The summed E-state index contributed by atoms with van der Waals surface area (Å²) in [7, 11) is -3.06. The molecule has 37 heavy (non-hydrogen) atoms. The van der Waals surface area contributed by atoms with Gasteiger partial charge in [-0.15, -0.1) is 0 Å². The Morgan fingerprint density at radius 3 is 2.27 bits per heavy atom. The van der Waals surface area contributed by atoms with E-state index in [0.29, 0.717) is 16.7 Å². The minimum Gasteiger partial charge on any atom is -0.466 e. The van der Waals surface area contributed by atoms with Crippen LogP contribution in [0.4, 0.5) is 5.82 Å². The molecule has 3 atom stereocenters. The van der Waals surface area contributed by atoms with E-state index in [0.717, 1.165) is 0 Å². The number of carbonyl (C=O) groups is 1. The number of nitrogens with zero attached hydrogens (tertiary/aromatic N) is 4. The number of fused-ring (bicyclic) bond motifs is 1. The van der Waals surface area contributed by atoms with Crippen molar-refractivity contribution in [3.05, 3.63) is 24.3 Å². The molecule has 1 aliphatic heterocycles. The summed E-state index contributed by atoms with van der Waals surface area (Å²) in [6.45, 7) is 22.1. The molecular formula is C25H43N5O5Si2. The average Bonchev–Trinajstić information content (AvgIpc) is 3.33. The maximum atomic E-state index is 12.5. The molecule has 2 aromatic heterocycles. The second-order valence-electron chi connectivity index (χ2n) is 12.6. The minimum atomic E-state index is -2.32. The number of nitrogens with two attached hydrogens (primary N) is 1. The highest BCUT2D eigenvalue weighted by atomic mass is 28.4. The first-order valence-corrected chi connectivity index (χ1v) is 18.4. The molecule has 2 aromatic rings. The number of ether oxygens (including phenoxy) is 2. The quantitative estimate of drug-likeness (QED) is 0.294. The van der Waals surface area contributed by atoms with E-state index in [1.54, 1.807) is 6.33 Å². The zero-order valence-electron chi connectivity index (χ0n) is 24.1. The summed E-state index contributed by atoms with van der Waals surface area (Å²) in [5.41, 5.74) is 7.76. The summed E-state index contributed by atoms with van der Waals surface area (Å²) < 4.78 is 26.9. The lowest BCUT2D eigenvalue weighted by atomic mass is 10.1. The second-order valence-corrected chi connectivity index (χ2v) is 22.2. The normalized spacial score (nSPS) is 22.7. The Morgan fingerprint density at radius 1 is 1.08 bits per heavy atom. The predicted octanol–water partition coefficient (Wildman–Crippen LogP) is 4.82. The molecule has 0 saturated carbocycles. The Balaban J connectivity index is 2.12. The lowest BCUT2D eigenvalue weighted by Gasteiger charge is -2.39. The SMILES string of the molecule is COC(=O)/C=C1\[C@@H](O[Si](C)(C)C(C)(C)C)[C@H](n2cnc3c(N)ncnc32)O[C@@H]1CO[Si](C)(C)C(C)(C)C. The van der Waals surface area contributed by atoms with Crippen LogP contribution < -0.4 is 5.73 Å². The molecule has 0 aromatic carbocycles. The smallest absolute Gasteiger partial charge is 0.330 e. The third-order valence-corrected chi connectivity index (χ3v) is 17.0. The minimum absolute atomic E-state index is 0.0171. The Bertz CT molecular complexity index is 1170. The molecule has 0 spiro atoms. The summed E-state index contributed by atoms with van der Waals surface area (Å²) in [5.74, 6) is -0.186. The fourth-order valence-electron chi connectivity index (χ4n) is 3.56. The maximum Gasteiger partial charge on any atom is 0.330 e. The fraction of sp³-hybridized carbons (Fsp3) is 0.680. The number of methoxy groups -OCH3 is 1. The van der Waals surface area contributed by atoms with Gasteiger partial charge in [0.15, 0.2) is 34.3 Å². The van der Waals surface area contributed by atoms with Crippen molar-refractivity contribution < 1.29 is 23.1 Å². The van der Waals surface area contributed by atoms with E-state index in [9.17, 15) is 4.79 Å². The van der Waals surface area contributed by atoms with Gasteiger partial charge >= 0.3 is 5.97 Å². The van der Waals surface area contributed by atoms with Gasteiger partial charge in [-0.3, -0.25) is 4.57 Å². The number of rotatable bonds is 7. The molecule has 1 aliphatic rings. The molecule has 0 bridgehead atoms. The fourth-order valence-corrected chi connectivity index (χ4v) is 5.80. The second kappa shape index (κ2) is 10.2. The van der Waals surface area contributed by atoms with Crippen molar-refractivity contribution in [2.24, 2.45) is 0 Å². The number of nitrogen functional groups attached to an aromatic ring is 1. The first-order chi connectivity index (χ1) is 16.9. The monoisotopic (exact) mass is 549 g/mol. The van der Waals surface area contributed by atoms with Crippen LogP contribution in [0.25, 0.3) is 11.2 Å². The summed E-state index contributed by atoms with van der Waals surface area (Å²) in [4.78, 5) is 25.5. The van der Waals surface area contributed by atoms with Crippen LogP contribution in [0.1, 0.15) is 47.8 Å². The van der Waals surface area contributed by atoms with Gasteiger partial charge in [0.05, 0.1) is 20.0 Å². The Hall–Kier alpha value is -2.13. The van der Waals surface area contributed by atoms with Gasteiger partial charge < -0.3 is 24.1 Å². The standard InChI is InChI=1S/C25H43N5O5Si2/c1-24(2,3)36(8,9)33-13-17-16(12-18(31)32-7)20(35-37(10,11)25(4,5)6)23(34-17)30-15-29-19-21(26)27-14-28-22(19)30/h12,14-15,17,20,23H,13H2,1-11H3,(H2,26,27,28)/b16-12-/t17-,20-,23-/m1/s1. The Morgan fingerprint density at radius 2 is 1.70 bits per heavy atom. The van der Waals surface area contributed by atoms with Crippen molar-refractivity contribution in [2.45, 2.75) is 96.2 Å². The number of imidazole rings is 1. The van der Waals surface area contributed by atoms with Gasteiger partial charge in [0.25, 0.3) is 0 Å². The number of anilines is 1. The van der Waals surface area contributed by atoms with Gasteiger partial charge in [-0.05, 0) is 41.8 Å². The Labute approximate surface area is 222 Å². The Kier molecular flexibility index (Phi) is 8.12. The van der Waals surface area contributed by atoms with Crippen molar-refractivity contribution in [1.82, 2.24) is 19.5 Å². The molecule has 206 valence electrons. The maximum absolute atomic E-state index is 12.5. The van der Waals surface area contributed by atoms with E-state index < -0.39 is 41.0 Å². The van der Waals surface area contributed by atoms with Crippen molar-refractivity contribution >= 4 is 39.6 Å². The predicted molar refractivity (Wildman–Crippen MR) is 149 cm³/mol. The molecule has 1 saturated heterocycles. The number of hydrogen-bond acceptors (Lipinski definition) is 9. The van der Waals surface area contributed by atoms with Gasteiger partial charge in [0.2, 0.25) is 0 Å². The number of esters is 1. The molecule has 0 aliphatic carbocycles. The van der Waals surface area contributed by atoms with E-state index in [1.807, 2.05) is 4.57 Å². The highest BCUT2D eigenvalue weighted by Crippen LogP contribution is 2.45. The molecule has 0 radical (unpaired) electrons. The number of hydrogen-bond donors (Lipinski definition) is 1. The largest absolute Gasteiger partial charge is 0.466 e. The van der Waals surface area contributed by atoms with Crippen LogP contribution in [-0.4, -0.2) is 68.0 Å². The van der Waals surface area contributed by atoms with Crippen LogP contribution in [0, 0.1) is 0 Å².